The standard InChI is InChI=1S/C23H22N2O4/c1-3-13-29-22(28)24-23(2)18-12-8-7-9-15(18)14-17-19(23)21(27)25(20(17)26)16-10-5-4-6-11-16/h3-12,17,19H,1,13-14H2,2H3,(H,24,28)/t17-,19+,23-/m1/s1. The van der Waals surface area contributed by atoms with Crippen LogP contribution < -0.4 is 10.2 Å². The zero-order valence-electron chi connectivity index (χ0n) is 16.1. The number of carbonyl (C=O) groups excluding carboxylic acids is 3. The molecule has 0 radical (unpaired) electrons. The summed E-state index contributed by atoms with van der Waals surface area (Å²) < 4.78 is 5.12. The molecular formula is C23H22N2O4. The summed E-state index contributed by atoms with van der Waals surface area (Å²) in [4.78, 5) is 40.4. The highest BCUT2D eigenvalue weighted by molar-refractivity contribution is 6.22. The number of amides is 3. The minimum atomic E-state index is -1.08. The number of anilines is 1. The number of imide groups is 1. The lowest BCUT2D eigenvalue weighted by molar-refractivity contribution is -0.123. The Bertz CT molecular complexity index is 987. The molecule has 29 heavy (non-hydrogen) atoms. The van der Waals surface area contributed by atoms with Gasteiger partial charge in [-0.2, -0.15) is 0 Å². The molecule has 2 aromatic rings. The number of hydrogen-bond donors (Lipinski definition) is 1. The Morgan fingerprint density at radius 2 is 1.86 bits per heavy atom. The molecular weight excluding hydrogens is 368 g/mol. The lowest BCUT2D eigenvalue weighted by Gasteiger charge is -2.42. The third-order valence-corrected chi connectivity index (χ3v) is 5.77. The Kier molecular flexibility index (Phi) is 4.70. The van der Waals surface area contributed by atoms with Gasteiger partial charge in [0.2, 0.25) is 11.8 Å². The molecule has 1 heterocycles. The average molecular weight is 390 g/mol. The van der Waals surface area contributed by atoms with E-state index in [9.17, 15) is 14.4 Å². The Hall–Kier alpha value is -3.41. The molecule has 1 fully saturated rings. The van der Waals surface area contributed by atoms with Crippen molar-refractivity contribution in [2.75, 3.05) is 11.5 Å². The van der Waals surface area contributed by atoms with E-state index in [0.29, 0.717) is 12.1 Å². The van der Waals surface area contributed by atoms with E-state index in [2.05, 4.69) is 11.9 Å². The monoisotopic (exact) mass is 390 g/mol. The van der Waals surface area contributed by atoms with Crippen LogP contribution >= 0.6 is 0 Å². The van der Waals surface area contributed by atoms with E-state index in [1.165, 1.54) is 11.0 Å². The lowest BCUT2D eigenvalue weighted by Crippen LogP contribution is -2.55. The maximum absolute atomic E-state index is 13.5. The quantitative estimate of drug-likeness (QED) is 0.643. The van der Waals surface area contributed by atoms with Gasteiger partial charge >= 0.3 is 6.09 Å². The van der Waals surface area contributed by atoms with Gasteiger partial charge < -0.3 is 10.1 Å². The second-order valence-corrected chi connectivity index (χ2v) is 7.51. The summed E-state index contributed by atoms with van der Waals surface area (Å²) in [6, 6.07) is 16.5. The Labute approximate surface area is 169 Å². The molecule has 148 valence electrons. The molecule has 1 N–H and O–H groups in total. The maximum Gasteiger partial charge on any atom is 0.408 e. The molecule has 0 bridgehead atoms. The third kappa shape index (κ3) is 3.01. The smallest absolute Gasteiger partial charge is 0.408 e. The van der Waals surface area contributed by atoms with Gasteiger partial charge in [-0.15, -0.1) is 0 Å². The van der Waals surface area contributed by atoms with Gasteiger partial charge in [-0.1, -0.05) is 55.1 Å². The fourth-order valence-electron chi connectivity index (χ4n) is 4.55. The van der Waals surface area contributed by atoms with Crippen LogP contribution in [0.5, 0.6) is 0 Å². The van der Waals surface area contributed by atoms with Gasteiger partial charge in [0.15, 0.2) is 0 Å². The SMILES string of the molecule is C=CCOC(=O)N[C@]1(C)c2ccccc2C[C@H]2C(=O)N(c3ccccc3)C(=O)[C@H]21. The molecule has 6 heteroatoms. The first-order valence-electron chi connectivity index (χ1n) is 9.54. The van der Waals surface area contributed by atoms with Crippen LogP contribution in [0.4, 0.5) is 10.5 Å². The van der Waals surface area contributed by atoms with E-state index < -0.39 is 23.5 Å². The number of para-hydroxylation sites is 1. The Balaban J connectivity index is 1.78. The van der Waals surface area contributed by atoms with Gasteiger partial charge in [0, 0.05) is 0 Å². The number of alkyl carbamates (subject to hydrolysis) is 1. The first-order valence-corrected chi connectivity index (χ1v) is 9.54. The van der Waals surface area contributed by atoms with Gasteiger partial charge in [0.05, 0.1) is 23.1 Å². The van der Waals surface area contributed by atoms with E-state index in [-0.39, 0.29) is 18.4 Å². The summed E-state index contributed by atoms with van der Waals surface area (Å²) >= 11 is 0. The normalized spacial score (nSPS) is 25.2. The van der Waals surface area contributed by atoms with Crippen LogP contribution in [0.15, 0.2) is 67.3 Å². The minimum absolute atomic E-state index is 0.0562. The molecule has 0 aromatic heterocycles. The molecule has 3 atom stereocenters. The summed E-state index contributed by atoms with van der Waals surface area (Å²) in [6.07, 6.45) is 1.27. The highest BCUT2D eigenvalue weighted by Crippen LogP contribution is 2.48. The summed E-state index contributed by atoms with van der Waals surface area (Å²) in [5, 5.41) is 2.87. The number of carbonyl (C=O) groups is 3. The molecule has 2 aliphatic rings. The van der Waals surface area contributed by atoms with Crippen molar-refractivity contribution in [1.82, 2.24) is 5.32 Å². The minimum Gasteiger partial charge on any atom is -0.445 e. The number of ether oxygens (including phenoxy) is 1. The van der Waals surface area contributed by atoms with E-state index >= 15 is 0 Å². The van der Waals surface area contributed by atoms with Gasteiger partial charge in [0.1, 0.15) is 6.61 Å². The Morgan fingerprint density at radius 1 is 1.17 bits per heavy atom. The van der Waals surface area contributed by atoms with Crippen LogP contribution in [0.1, 0.15) is 18.1 Å². The summed E-state index contributed by atoms with van der Waals surface area (Å²) in [7, 11) is 0. The maximum atomic E-state index is 13.5. The fourth-order valence-corrected chi connectivity index (χ4v) is 4.55. The van der Waals surface area contributed by atoms with E-state index in [1.54, 1.807) is 31.2 Å². The second kappa shape index (κ2) is 7.20. The Morgan fingerprint density at radius 3 is 2.59 bits per heavy atom. The van der Waals surface area contributed by atoms with E-state index in [0.717, 1.165) is 11.1 Å². The van der Waals surface area contributed by atoms with Crippen molar-refractivity contribution in [2.45, 2.75) is 18.9 Å². The number of nitrogens with one attached hydrogen (secondary N) is 1. The zero-order chi connectivity index (χ0) is 20.6. The third-order valence-electron chi connectivity index (χ3n) is 5.77. The van der Waals surface area contributed by atoms with Crippen molar-refractivity contribution in [3.05, 3.63) is 78.4 Å². The van der Waals surface area contributed by atoms with Crippen molar-refractivity contribution < 1.29 is 19.1 Å². The molecule has 2 aromatic carbocycles. The second-order valence-electron chi connectivity index (χ2n) is 7.51. The number of nitrogens with zero attached hydrogens (tertiary/aromatic N) is 1. The van der Waals surface area contributed by atoms with Crippen LogP contribution in [-0.4, -0.2) is 24.5 Å². The molecule has 0 saturated carbocycles. The predicted octanol–water partition coefficient (Wildman–Crippen LogP) is 3.18. The number of benzene rings is 2. The van der Waals surface area contributed by atoms with E-state index in [1.807, 2.05) is 30.3 Å². The van der Waals surface area contributed by atoms with Gasteiger partial charge in [-0.3, -0.25) is 9.59 Å². The first-order chi connectivity index (χ1) is 14.0. The topological polar surface area (TPSA) is 75.7 Å². The number of hydrogen-bond acceptors (Lipinski definition) is 4. The average Bonchev–Trinajstić information content (AvgIpc) is 2.98. The number of rotatable bonds is 4. The zero-order valence-corrected chi connectivity index (χ0v) is 16.1. The van der Waals surface area contributed by atoms with Gasteiger partial charge in [-0.25, -0.2) is 9.69 Å². The molecule has 3 amide bonds. The van der Waals surface area contributed by atoms with Crippen molar-refractivity contribution in [3.8, 4) is 0 Å². The van der Waals surface area contributed by atoms with Crippen molar-refractivity contribution in [3.63, 3.8) is 0 Å². The molecule has 0 unspecified atom stereocenters. The molecule has 4 rings (SSSR count). The van der Waals surface area contributed by atoms with E-state index in [4.69, 9.17) is 4.74 Å². The molecule has 6 nitrogen and oxygen atoms in total. The van der Waals surface area contributed by atoms with Crippen molar-refractivity contribution >= 4 is 23.6 Å². The summed E-state index contributed by atoms with van der Waals surface area (Å²) in [5.74, 6) is -1.83. The van der Waals surface area contributed by atoms with Crippen molar-refractivity contribution in [2.24, 2.45) is 11.8 Å². The van der Waals surface area contributed by atoms with Crippen LogP contribution in [0, 0.1) is 11.8 Å². The highest BCUT2D eigenvalue weighted by Gasteiger charge is 2.60. The van der Waals surface area contributed by atoms with Crippen LogP contribution in [0.25, 0.3) is 0 Å². The van der Waals surface area contributed by atoms with Gasteiger partial charge in [0.25, 0.3) is 0 Å². The van der Waals surface area contributed by atoms with Crippen molar-refractivity contribution in [1.29, 1.82) is 0 Å². The fraction of sp³-hybridized carbons (Fsp3) is 0.261. The molecule has 0 spiro atoms. The summed E-state index contributed by atoms with van der Waals surface area (Å²) in [6.45, 7) is 5.39. The van der Waals surface area contributed by atoms with Crippen LogP contribution in [0.2, 0.25) is 0 Å². The molecule has 1 saturated heterocycles. The highest BCUT2D eigenvalue weighted by atomic mass is 16.5. The van der Waals surface area contributed by atoms with Gasteiger partial charge in [-0.05, 0) is 36.6 Å². The summed E-state index contributed by atoms with van der Waals surface area (Å²) in [5.41, 5.74) is 1.23. The number of fused-ring (bicyclic) bond motifs is 2. The lowest BCUT2D eigenvalue weighted by atomic mass is 9.66. The van der Waals surface area contributed by atoms with Crippen LogP contribution in [-0.2, 0) is 26.3 Å². The molecule has 1 aliphatic heterocycles. The van der Waals surface area contributed by atoms with Crippen LogP contribution in [0.3, 0.4) is 0 Å². The largest absolute Gasteiger partial charge is 0.445 e. The first kappa shape index (κ1) is 18.9. The molecule has 1 aliphatic carbocycles. The predicted molar refractivity (Wildman–Crippen MR) is 108 cm³/mol.